The van der Waals surface area contributed by atoms with Crippen LogP contribution in [0, 0.1) is 10.1 Å². The summed E-state index contributed by atoms with van der Waals surface area (Å²) in [5, 5.41) is 15.0. The van der Waals surface area contributed by atoms with E-state index in [0.29, 0.717) is 30.1 Å². The summed E-state index contributed by atoms with van der Waals surface area (Å²) in [6.45, 7) is 10.4. The van der Waals surface area contributed by atoms with E-state index < -0.39 is 4.92 Å². The van der Waals surface area contributed by atoms with E-state index in [1.165, 1.54) is 24.3 Å². The number of carbonyl (C=O) groups excluding carboxylic acids is 1. The molecule has 0 N–H and O–H groups in total. The lowest BCUT2D eigenvalue weighted by Gasteiger charge is -2.20. The SMILES string of the molecule is CCCCC(CC(=O)c1ccc(OCCCN(CCC)CCC)cc1)=NOc1ccc([N+](=O)[O-])cc1. The molecule has 36 heavy (non-hydrogen) atoms. The highest BCUT2D eigenvalue weighted by atomic mass is 16.6. The minimum absolute atomic E-state index is 0.0184. The number of nitro benzene ring substituents is 1. The Hall–Kier alpha value is -3.26. The summed E-state index contributed by atoms with van der Waals surface area (Å²) >= 11 is 0. The van der Waals surface area contributed by atoms with Gasteiger partial charge in [0.25, 0.3) is 5.69 Å². The minimum Gasteiger partial charge on any atom is -0.494 e. The first-order chi connectivity index (χ1) is 17.5. The monoisotopic (exact) mass is 497 g/mol. The number of nitro groups is 1. The molecule has 0 saturated carbocycles. The Balaban J connectivity index is 1.89. The number of unbranched alkanes of at least 4 members (excludes halogenated alkanes) is 1. The Morgan fingerprint density at radius 1 is 0.889 bits per heavy atom. The highest BCUT2D eigenvalue weighted by Gasteiger charge is 2.12. The molecule has 0 radical (unpaired) electrons. The van der Waals surface area contributed by atoms with Crippen LogP contribution in [0.2, 0.25) is 0 Å². The maximum atomic E-state index is 12.9. The van der Waals surface area contributed by atoms with Crippen molar-refractivity contribution in [3.63, 3.8) is 0 Å². The summed E-state index contributed by atoms with van der Waals surface area (Å²) in [5.41, 5.74) is 1.22. The Morgan fingerprint density at radius 3 is 2.11 bits per heavy atom. The highest BCUT2D eigenvalue weighted by molar-refractivity contribution is 6.09. The van der Waals surface area contributed by atoms with E-state index >= 15 is 0 Å². The second kappa shape index (κ2) is 16.4. The molecule has 0 bridgehead atoms. The first-order valence-corrected chi connectivity index (χ1v) is 12.9. The number of non-ortho nitro benzene ring substituents is 1. The molecule has 2 aromatic rings. The smallest absolute Gasteiger partial charge is 0.269 e. The quantitative estimate of drug-likeness (QED) is 0.0749. The number of hydrogen-bond acceptors (Lipinski definition) is 7. The van der Waals surface area contributed by atoms with Gasteiger partial charge in [-0.05, 0) is 81.6 Å². The number of carbonyl (C=O) groups is 1. The van der Waals surface area contributed by atoms with Crippen molar-refractivity contribution in [3.8, 4) is 11.5 Å². The zero-order chi connectivity index (χ0) is 26.2. The Labute approximate surface area is 214 Å². The number of oxime groups is 1. The second-order valence-electron chi connectivity index (χ2n) is 8.77. The molecule has 0 amide bonds. The lowest BCUT2D eigenvalue weighted by Crippen LogP contribution is -2.27. The molecule has 8 nitrogen and oxygen atoms in total. The van der Waals surface area contributed by atoms with Crippen molar-refractivity contribution < 1.29 is 19.3 Å². The molecule has 2 aromatic carbocycles. The van der Waals surface area contributed by atoms with Crippen LogP contribution in [-0.4, -0.2) is 47.6 Å². The predicted octanol–water partition coefficient (Wildman–Crippen LogP) is 6.68. The van der Waals surface area contributed by atoms with Crippen LogP contribution in [0.15, 0.2) is 53.7 Å². The van der Waals surface area contributed by atoms with Gasteiger partial charge in [0, 0.05) is 24.2 Å². The van der Waals surface area contributed by atoms with Crippen molar-refractivity contribution in [1.29, 1.82) is 0 Å². The third kappa shape index (κ3) is 10.6. The van der Waals surface area contributed by atoms with Crippen molar-refractivity contribution >= 4 is 17.2 Å². The van der Waals surface area contributed by atoms with E-state index in [9.17, 15) is 14.9 Å². The zero-order valence-corrected chi connectivity index (χ0v) is 21.8. The van der Waals surface area contributed by atoms with E-state index in [2.05, 4.69) is 30.8 Å². The number of ether oxygens (including phenoxy) is 1. The molecule has 0 aromatic heterocycles. The fourth-order valence-electron chi connectivity index (χ4n) is 3.76. The van der Waals surface area contributed by atoms with Crippen LogP contribution in [0.3, 0.4) is 0 Å². The van der Waals surface area contributed by atoms with Crippen LogP contribution in [0.4, 0.5) is 5.69 Å². The number of nitrogens with zero attached hydrogens (tertiary/aromatic N) is 3. The van der Waals surface area contributed by atoms with Crippen LogP contribution in [0.1, 0.15) is 76.1 Å². The van der Waals surface area contributed by atoms with Gasteiger partial charge in [-0.1, -0.05) is 32.3 Å². The average Bonchev–Trinajstić information content (AvgIpc) is 2.88. The van der Waals surface area contributed by atoms with Crippen molar-refractivity contribution in [2.45, 2.75) is 65.7 Å². The molecule has 0 aliphatic heterocycles. The van der Waals surface area contributed by atoms with E-state index in [0.717, 1.165) is 57.5 Å². The summed E-state index contributed by atoms with van der Waals surface area (Å²) in [4.78, 5) is 31.1. The van der Waals surface area contributed by atoms with Gasteiger partial charge in [0.1, 0.15) is 5.75 Å². The van der Waals surface area contributed by atoms with Gasteiger partial charge in [-0.15, -0.1) is 0 Å². The predicted molar refractivity (Wildman–Crippen MR) is 143 cm³/mol. The van der Waals surface area contributed by atoms with Gasteiger partial charge in [-0.25, -0.2) is 0 Å². The normalized spacial score (nSPS) is 11.5. The number of benzene rings is 2. The summed E-state index contributed by atoms with van der Waals surface area (Å²) in [5.74, 6) is 1.10. The van der Waals surface area contributed by atoms with Crippen LogP contribution in [-0.2, 0) is 0 Å². The molecule has 2 rings (SSSR count). The van der Waals surface area contributed by atoms with Gasteiger partial charge in [0.15, 0.2) is 11.5 Å². The molecule has 0 spiro atoms. The maximum Gasteiger partial charge on any atom is 0.269 e. The van der Waals surface area contributed by atoms with Crippen LogP contribution in [0.5, 0.6) is 11.5 Å². The third-order valence-electron chi connectivity index (χ3n) is 5.65. The first kappa shape index (κ1) is 29.0. The molecule has 0 saturated heterocycles. The Morgan fingerprint density at radius 2 is 1.53 bits per heavy atom. The summed E-state index contributed by atoms with van der Waals surface area (Å²) in [7, 11) is 0. The van der Waals surface area contributed by atoms with Gasteiger partial charge < -0.3 is 14.5 Å². The van der Waals surface area contributed by atoms with Crippen molar-refractivity contribution in [1.82, 2.24) is 4.90 Å². The zero-order valence-electron chi connectivity index (χ0n) is 21.8. The summed E-state index contributed by atoms with van der Waals surface area (Å²) < 4.78 is 5.87. The van der Waals surface area contributed by atoms with Gasteiger partial charge in [-0.2, -0.15) is 0 Å². The number of rotatable bonds is 18. The summed E-state index contributed by atoms with van der Waals surface area (Å²) in [6, 6.07) is 12.9. The van der Waals surface area contributed by atoms with Gasteiger partial charge in [0.2, 0.25) is 0 Å². The van der Waals surface area contributed by atoms with Crippen molar-refractivity contribution in [2.75, 3.05) is 26.2 Å². The molecular formula is C28H39N3O5. The van der Waals surface area contributed by atoms with Crippen molar-refractivity contribution in [3.05, 3.63) is 64.2 Å². The first-order valence-electron chi connectivity index (χ1n) is 12.9. The summed E-state index contributed by atoms with van der Waals surface area (Å²) in [6.07, 6.45) is 5.92. The lowest BCUT2D eigenvalue weighted by atomic mass is 10.0. The van der Waals surface area contributed by atoms with E-state index in [1.54, 1.807) is 12.1 Å². The average molecular weight is 498 g/mol. The Kier molecular flexibility index (Phi) is 13.2. The van der Waals surface area contributed by atoms with E-state index in [-0.39, 0.29) is 17.9 Å². The molecule has 0 fully saturated rings. The maximum absolute atomic E-state index is 12.9. The molecule has 0 aliphatic carbocycles. The minimum atomic E-state index is -0.469. The molecule has 0 unspecified atom stereocenters. The topological polar surface area (TPSA) is 94.3 Å². The molecule has 0 heterocycles. The van der Waals surface area contributed by atoms with Crippen molar-refractivity contribution in [2.24, 2.45) is 5.16 Å². The van der Waals surface area contributed by atoms with E-state index in [1.807, 2.05) is 12.1 Å². The van der Waals surface area contributed by atoms with Crippen LogP contribution in [0.25, 0.3) is 0 Å². The highest BCUT2D eigenvalue weighted by Crippen LogP contribution is 2.19. The molecule has 0 aliphatic rings. The van der Waals surface area contributed by atoms with Gasteiger partial charge in [0.05, 0.1) is 23.7 Å². The standard InChI is InChI=1S/C28H39N3O5/c1-4-7-9-24(29-36-27-16-12-25(13-17-27)31(33)34)22-28(32)23-10-14-26(15-11-23)35-21-8-20-30(18-5-2)19-6-3/h10-17H,4-9,18-22H2,1-3H3. The molecular weight excluding hydrogens is 458 g/mol. The van der Waals surface area contributed by atoms with Crippen LogP contribution < -0.4 is 9.57 Å². The number of hydrogen-bond donors (Lipinski definition) is 0. The molecule has 0 atom stereocenters. The fraction of sp³-hybridized carbons (Fsp3) is 0.500. The molecule has 8 heteroatoms. The lowest BCUT2D eigenvalue weighted by molar-refractivity contribution is -0.384. The number of Topliss-reactive ketones (excluding diaryl/α,β-unsaturated/α-hetero) is 1. The Bertz CT molecular complexity index is 952. The van der Waals surface area contributed by atoms with Crippen LogP contribution >= 0.6 is 0 Å². The fourth-order valence-corrected chi connectivity index (χ4v) is 3.76. The van der Waals surface area contributed by atoms with Gasteiger partial charge in [-0.3, -0.25) is 14.9 Å². The molecule has 196 valence electrons. The third-order valence-corrected chi connectivity index (χ3v) is 5.65. The van der Waals surface area contributed by atoms with Gasteiger partial charge >= 0.3 is 0 Å². The largest absolute Gasteiger partial charge is 0.494 e. The number of ketones is 1. The van der Waals surface area contributed by atoms with E-state index in [4.69, 9.17) is 9.57 Å². The second-order valence-corrected chi connectivity index (χ2v) is 8.77.